The van der Waals surface area contributed by atoms with E-state index in [4.69, 9.17) is 4.74 Å². The first-order valence-electron chi connectivity index (χ1n) is 13.5. The van der Waals surface area contributed by atoms with Crippen LogP contribution >= 0.6 is 0 Å². The summed E-state index contributed by atoms with van der Waals surface area (Å²) in [6.45, 7) is 6.47. The molecular weight excluding hydrogens is 444 g/mol. The lowest BCUT2D eigenvalue weighted by Gasteiger charge is -2.32. The molecule has 0 amide bonds. The second-order valence-corrected chi connectivity index (χ2v) is 10.7. The maximum atomic E-state index is 9.90. The lowest BCUT2D eigenvalue weighted by atomic mass is 9.79. The molecule has 1 atom stereocenters. The van der Waals surface area contributed by atoms with Crippen LogP contribution in [-0.2, 0) is 19.4 Å². The minimum Gasteiger partial charge on any atom is -0.508 e. The molecule has 3 aromatic carbocycles. The summed E-state index contributed by atoms with van der Waals surface area (Å²) in [5.41, 5.74) is 8.18. The van der Waals surface area contributed by atoms with Crippen LogP contribution in [0.5, 0.6) is 11.5 Å². The van der Waals surface area contributed by atoms with Crippen LogP contribution in [0.4, 0.5) is 5.69 Å². The Labute approximate surface area is 216 Å². The van der Waals surface area contributed by atoms with Gasteiger partial charge >= 0.3 is 0 Å². The Kier molecular flexibility index (Phi) is 7.52. The summed E-state index contributed by atoms with van der Waals surface area (Å²) in [6, 6.07) is 21.8. The van der Waals surface area contributed by atoms with Crippen LogP contribution < -0.4 is 9.64 Å². The summed E-state index contributed by atoms with van der Waals surface area (Å²) in [4.78, 5) is 4.93. The first kappa shape index (κ1) is 24.7. The number of hydrogen-bond donors (Lipinski definition) is 1. The van der Waals surface area contributed by atoms with E-state index in [0.717, 1.165) is 38.1 Å². The SMILES string of the molecule is CCN(Cc1ccc(C2CCN(C)CC2)cc1)c1cc(OC)ccc1C1CCc2cc(O)ccc2C1. The van der Waals surface area contributed by atoms with Crippen molar-refractivity contribution in [2.24, 2.45) is 0 Å². The topological polar surface area (TPSA) is 35.9 Å². The molecule has 1 heterocycles. The van der Waals surface area contributed by atoms with Crippen molar-refractivity contribution in [2.45, 2.75) is 57.4 Å². The number of methoxy groups -OCH3 is 1. The van der Waals surface area contributed by atoms with E-state index in [2.05, 4.69) is 72.3 Å². The van der Waals surface area contributed by atoms with Gasteiger partial charge in [0.2, 0.25) is 0 Å². The summed E-state index contributed by atoms with van der Waals surface area (Å²) < 4.78 is 5.64. The van der Waals surface area contributed by atoms with Crippen molar-refractivity contribution in [1.82, 2.24) is 4.90 Å². The van der Waals surface area contributed by atoms with E-state index in [1.807, 2.05) is 12.1 Å². The summed E-state index contributed by atoms with van der Waals surface area (Å²) >= 11 is 0. The van der Waals surface area contributed by atoms with Gasteiger partial charge in [-0.1, -0.05) is 36.4 Å². The van der Waals surface area contributed by atoms with Gasteiger partial charge in [-0.3, -0.25) is 0 Å². The van der Waals surface area contributed by atoms with E-state index >= 15 is 0 Å². The largest absolute Gasteiger partial charge is 0.508 e. The minimum atomic E-state index is 0.372. The molecule has 0 radical (unpaired) electrons. The highest BCUT2D eigenvalue weighted by Crippen LogP contribution is 2.40. The predicted octanol–water partition coefficient (Wildman–Crippen LogP) is 6.51. The van der Waals surface area contributed by atoms with Gasteiger partial charge in [-0.05, 0) is 117 Å². The molecule has 190 valence electrons. The number of ether oxygens (including phenoxy) is 1. The number of fused-ring (bicyclic) bond motifs is 1. The number of likely N-dealkylation sites (tertiary alicyclic amines) is 1. The van der Waals surface area contributed by atoms with Gasteiger partial charge in [0.05, 0.1) is 7.11 Å². The zero-order chi connectivity index (χ0) is 25.1. The monoisotopic (exact) mass is 484 g/mol. The summed E-state index contributed by atoms with van der Waals surface area (Å²) in [5.74, 6) is 2.43. The first-order valence-corrected chi connectivity index (χ1v) is 13.5. The number of phenolic OH excluding ortho intramolecular Hbond substituents is 1. The predicted molar refractivity (Wildman–Crippen MR) is 149 cm³/mol. The van der Waals surface area contributed by atoms with Crippen LogP contribution in [0.2, 0.25) is 0 Å². The normalized spacial score (nSPS) is 18.6. The van der Waals surface area contributed by atoms with Crippen molar-refractivity contribution in [1.29, 1.82) is 0 Å². The van der Waals surface area contributed by atoms with Gasteiger partial charge < -0.3 is 19.6 Å². The van der Waals surface area contributed by atoms with E-state index in [1.54, 1.807) is 7.11 Å². The lowest BCUT2D eigenvalue weighted by molar-refractivity contribution is 0.255. The lowest BCUT2D eigenvalue weighted by Crippen LogP contribution is -2.29. The molecular formula is C32H40N2O2. The van der Waals surface area contributed by atoms with Crippen LogP contribution in [0.25, 0.3) is 0 Å². The molecule has 1 N–H and O–H groups in total. The van der Waals surface area contributed by atoms with Gasteiger partial charge in [0, 0.05) is 24.8 Å². The molecule has 1 aliphatic carbocycles. The third-order valence-corrected chi connectivity index (χ3v) is 8.36. The van der Waals surface area contributed by atoms with Crippen molar-refractivity contribution in [3.8, 4) is 11.5 Å². The Morgan fingerprint density at radius 2 is 1.69 bits per heavy atom. The number of rotatable bonds is 7. The average molecular weight is 485 g/mol. The van der Waals surface area contributed by atoms with Crippen molar-refractivity contribution >= 4 is 5.69 Å². The maximum Gasteiger partial charge on any atom is 0.120 e. The molecule has 4 heteroatoms. The number of phenols is 1. The highest BCUT2D eigenvalue weighted by Gasteiger charge is 2.25. The van der Waals surface area contributed by atoms with Crippen molar-refractivity contribution in [3.63, 3.8) is 0 Å². The van der Waals surface area contributed by atoms with Crippen LogP contribution in [0.3, 0.4) is 0 Å². The highest BCUT2D eigenvalue weighted by molar-refractivity contribution is 5.60. The number of anilines is 1. The zero-order valence-electron chi connectivity index (χ0n) is 22.0. The molecule has 1 fully saturated rings. The zero-order valence-corrected chi connectivity index (χ0v) is 22.0. The molecule has 4 nitrogen and oxygen atoms in total. The quantitative estimate of drug-likeness (QED) is 0.415. The smallest absolute Gasteiger partial charge is 0.120 e. The second kappa shape index (κ2) is 11.0. The molecule has 0 spiro atoms. The molecule has 3 aromatic rings. The Morgan fingerprint density at radius 3 is 2.42 bits per heavy atom. The van der Waals surface area contributed by atoms with E-state index in [9.17, 15) is 5.11 Å². The van der Waals surface area contributed by atoms with Gasteiger partial charge in [-0.15, -0.1) is 0 Å². The fourth-order valence-corrected chi connectivity index (χ4v) is 6.10. The fourth-order valence-electron chi connectivity index (χ4n) is 6.10. The number of benzene rings is 3. The average Bonchev–Trinajstić information content (AvgIpc) is 2.92. The van der Waals surface area contributed by atoms with Crippen LogP contribution in [0, 0.1) is 0 Å². The van der Waals surface area contributed by atoms with Gasteiger partial charge in [0.15, 0.2) is 0 Å². The molecule has 0 bridgehead atoms. The standard InChI is InChI=1S/C32H40N2O2/c1-4-34(22-23-5-7-24(8-6-23)25-15-17-33(2)18-16-25)32-21-30(36-3)13-14-31(32)28-10-9-27-20-29(35)12-11-26(27)19-28/h5-8,11-14,20-21,25,28,35H,4,9-10,15-19,22H2,1-3H3. The van der Waals surface area contributed by atoms with Crippen LogP contribution in [0.15, 0.2) is 60.7 Å². The minimum absolute atomic E-state index is 0.372. The van der Waals surface area contributed by atoms with Crippen LogP contribution in [0.1, 0.15) is 65.8 Å². The molecule has 1 saturated heterocycles. The third-order valence-electron chi connectivity index (χ3n) is 8.36. The van der Waals surface area contributed by atoms with Crippen molar-refractivity contribution in [3.05, 3.63) is 88.5 Å². The number of piperidine rings is 1. The van der Waals surface area contributed by atoms with Crippen molar-refractivity contribution < 1.29 is 9.84 Å². The Hall–Kier alpha value is -2.98. The Morgan fingerprint density at radius 1 is 0.917 bits per heavy atom. The number of hydrogen-bond acceptors (Lipinski definition) is 4. The van der Waals surface area contributed by atoms with Gasteiger partial charge in [0.25, 0.3) is 0 Å². The Balaban J connectivity index is 1.37. The molecule has 0 saturated carbocycles. The molecule has 0 aromatic heterocycles. The number of nitrogens with zero attached hydrogens (tertiary/aromatic N) is 2. The van der Waals surface area contributed by atoms with E-state index in [1.165, 1.54) is 59.4 Å². The Bertz CT molecular complexity index is 1170. The highest BCUT2D eigenvalue weighted by atomic mass is 16.5. The van der Waals surface area contributed by atoms with E-state index in [0.29, 0.717) is 17.6 Å². The molecule has 36 heavy (non-hydrogen) atoms. The van der Waals surface area contributed by atoms with Crippen LogP contribution in [-0.4, -0.2) is 43.8 Å². The summed E-state index contributed by atoms with van der Waals surface area (Å²) in [6.07, 6.45) is 5.63. The summed E-state index contributed by atoms with van der Waals surface area (Å²) in [7, 11) is 3.97. The molecule has 1 unspecified atom stereocenters. The van der Waals surface area contributed by atoms with Gasteiger partial charge in [-0.2, -0.15) is 0 Å². The molecule has 5 rings (SSSR count). The molecule has 2 aliphatic rings. The van der Waals surface area contributed by atoms with Gasteiger partial charge in [0.1, 0.15) is 11.5 Å². The fraction of sp³-hybridized carbons (Fsp3) is 0.438. The first-order chi connectivity index (χ1) is 17.5. The number of aryl methyl sites for hydroxylation is 1. The van der Waals surface area contributed by atoms with Gasteiger partial charge in [-0.25, -0.2) is 0 Å². The number of aromatic hydroxyl groups is 1. The van der Waals surface area contributed by atoms with E-state index in [-0.39, 0.29) is 0 Å². The van der Waals surface area contributed by atoms with E-state index < -0.39 is 0 Å². The maximum absolute atomic E-state index is 9.90. The second-order valence-electron chi connectivity index (χ2n) is 10.7. The third kappa shape index (κ3) is 5.39. The summed E-state index contributed by atoms with van der Waals surface area (Å²) in [5, 5.41) is 9.90. The molecule has 1 aliphatic heterocycles. The van der Waals surface area contributed by atoms with Crippen molar-refractivity contribution in [2.75, 3.05) is 38.7 Å².